The summed E-state index contributed by atoms with van der Waals surface area (Å²) in [6.45, 7) is 3.23. The molecule has 2 aromatic rings. The fourth-order valence-corrected chi connectivity index (χ4v) is 3.84. The number of alkyl halides is 3. The number of nitrogens with zero attached hydrogens (tertiary/aromatic N) is 2. The number of hydrogen-bond donors (Lipinski definition) is 1. The Hall–Kier alpha value is -2.28. The first kappa shape index (κ1) is 20.5. The number of halogens is 3. The Labute approximate surface area is 163 Å². The van der Waals surface area contributed by atoms with Crippen molar-refractivity contribution in [1.82, 2.24) is 14.8 Å². The van der Waals surface area contributed by atoms with Crippen LogP contribution in [0, 0.1) is 5.92 Å². The van der Waals surface area contributed by atoms with Crippen LogP contribution in [0.3, 0.4) is 0 Å². The molecule has 1 atom stereocenters. The summed E-state index contributed by atoms with van der Waals surface area (Å²) in [6, 6.07) is 7.34. The zero-order valence-corrected chi connectivity index (χ0v) is 16.0. The molecule has 1 aliphatic rings. The Morgan fingerprint density at radius 1 is 1.32 bits per heavy atom. The number of rotatable bonds is 6. The molecule has 1 aromatic heterocycles. The van der Waals surface area contributed by atoms with Crippen LogP contribution in [0.15, 0.2) is 42.7 Å². The molecule has 0 bridgehead atoms. The van der Waals surface area contributed by atoms with Crippen LogP contribution in [0.2, 0.25) is 0 Å². The van der Waals surface area contributed by atoms with Gasteiger partial charge >= 0.3 is 6.18 Å². The van der Waals surface area contributed by atoms with Crippen molar-refractivity contribution in [3.05, 3.63) is 59.4 Å². The van der Waals surface area contributed by atoms with Gasteiger partial charge in [-0.05, 0) is 49.4 Å². The number of piperidine rings is 1. The maximum absolute atomic E-state index is 12.9. The highest BCUT2D eigenvalue weighted by Crippen LogP contribution is 2.29. The highest BCUT2D eigenvalue weighted by molar-refractivity contribution is 5.93. The summed E-state index contributed by atoms with van der Waals surface area (Å²) in [7, 11) is 1.82. The fourth-order valence-electron chi connectivity index (χ4n) is 3.84. The summed E-state index contributed by atoms with van der Waals surface area (Å²) in [4.78, 5) is 19.3. The fraction of sp³-hybridized carbons (Fsp3) is 0.476. The van der Waals surface area contributed by atoms with Gasteiger partial charge in [0.15, 0.2) is 0 Å². The lowest BCUT2D eigenvalue weighted by Gasteiger charge is -2.34. The first-order valence-corrected chi connectivity index (χ1v) is 9.59. The third kappa shape index (κ3) is 5.38. The normalized spacial score (nSPS) is 18.2. The Morgan fingerprint density at radius 3 is 2.86 bits per heavy atom. The molecule has 1 aromatic carbocycles. The minimum atomic E-state index is -4.30. The summed E-state index contributed by atoms with van der Waals surface area (Å²) in [5.74, 6) is 0.380. The number of H-pyrrole nitrogens is 1. The van der Waals surface area contributed by atoms with E-state index in [1.165, 1.54) is 12.1 Å². The number of benzene rings is 1. The standard InChI is InChI=1S/C21H26F3N3O/c1-26(20(28)18-7-9-25-13-18)14-17-5-3-10-27(15-17)11-8-16-4-2-6-19(12-16)21(22,23)24/h2,4,6-7,9,12-13,17,25H,3,5,8,10-11,14-15H2,1H3. The zero-order valence-electron chi connectivity index (χ0n) is 16.0. The molecule has 1 saturated heterocycles. The van der Waals surface area contributed by atoms with Gasteiger partial charge in [0.05, 0.1) is 11.1 Å². The Bertz CT molecular complexity index is 773. The monoisotopic (exact) mass is 393 g/mol. The molecule has 1 unspecified atom stereocenters. The van der Waals surface area contributed by atoms with E-state index in [2.05, 4.69) is 9.88 Å². The lowest BCUT2D eigenvalue weighted by Crippen LogP contribution is -2.42. The van der Waals surface area contributed by atoms with E-state index in [-0.39, 0.29) is 5.91 Å². The topological polar surface area (TPSA) is 39.3 Å². The summed E-state index contributed by atoms with van der Waals surface area (Å²) >= 11 is 0. The molecule has 1 fully saturated rings. The van der Waals surface area contributed by atoms with Gasteiger partial charge in [-0.2, -0.15) is 13.2 Å². The molecule has 0 radical (unpaired) electrons. The van der Waals surface area contributed by atoms with Gasteiger partial charge in [-0.25, -0.2) is 0 Å². The van der Waals surface area contributed by atoms with Crippen molar-refractivity contribution in [3.8, 4) is 0 Å². The van der Waals surface area contributed by atoms with Crippen LogP contribution in [0.1, 0.15) is 34.3 Å². The number of nitrogens with one attached hydrogen (secondary N) is 1. The molecule has 0 aliphatic carbocycles. The summed E-state index contributed by atoms with van der Waals surface area (Å²) in [6.07, 6.45) is 1.82. The summed E-state index contributed by atoms with van der Waals surface area (Å²) in [5, 5.41) is 0. The van der Waals surface area contributed by atoms with Crippen LogP contribution in [-0.4, -0.2) is 53.9 Å². The third-order valence-corrected chi connectivity index (χ3v) is 5.30. The van der Waals surface area contributed by atoms with Crippen LogP contribution in [0.4, 0.5) is 13.2 Å². The second-order valence-corrected chi connectivity index (χ2v) is 7.54. The van der Waals surface area contributed by atoms with Crippen molar-refractivity contribution in [2.24, 2.45) is 5.92 Å². The Balaban J connectivity index is 1.50. The molecule has 152 valence electrons. The second kappa shape index (κ2) is 8.82. The van der Waals surface area contributed by atoms with Crippen molar-refractivity contribution in [2.75, 3.05) is 33.2 Å². The molecule has 7 heteroatoms. The van der Waals surface area contributed by atoms with Gasteiger partial charge in [-0.3, -0.25) is 4.79 Å². The maximum Gasteiger partial charge on any atom is 0.416 e. The van der Waals surface area contributed by atoms with E-state index in [0.717, 1.165) is 38.5 Å². The summed E-state index contributed by atoms with van der Waals surface area (Å²) in [5.41, 5.74) is 0.767. The average Bonchev–Trinajstić information content (AvgIpc) is 3.20. The van der Waals surface area contributed by atoms with Crippen molar-refractivity contribution >= 4 is 5.91 Å². The van der Waals surface area contributed by atoms with Crippen LogP contribution < -0.4 is 0 Å². The molecule has 3 rings (SSSR count). The molecule has 1 amide bonds. The van der Waals surface area contributed by atoms with Crippen LogP contribution >= 0.6 is 0 Å². The first-order chi connectivity index (χ1) is 13.3. The van der Waals surface area contributed by atoms with Gasteiger partial charge < -0.3 is 14.8 Å². The van der Waals surface area contributed by atoms with E-state index in [1.54, 1.807) is 29.4 Å². The van der Waals surface area contributed by atoms with Gasteiger partial charge in [-0.15, -0.1) is 0 Å². The molecular weight excluding hydrogens is 367 g/mol. The minimum Gasteiger partial charge on any atom is -0.367 e. The molecule has 0 spiro atoms. The predicted octanol–water partition coefficient (Wildman–Crippen LogP) is 4.06. The van der Waals surface area contributed by atoms with Crippen LogP contribution in [0.25, 0.3) is 0 Å². The largest absolute Gasteiger partial charge is 0.416 e. The van der Waals surface area contributed by atoms with Crippen LogP contribution in [-0.2, 0) is 12.6 Å². The molecule has 28 heavy (non-hydrogen) atoms. The highest BCUT2D eigenvalue weighted by atomic mass is 19.4. The van der Waals surface area contributed by atoms with E-state index in [9.17, 15) is 18.0 Å². The van der Waals surface area contributed by atoms with E-state index in [4.69, 9.17) is 0 Å². The minimum absolute atomic E-state index is 0.00217. The maximum atomic E-state index is 12.9. The van der Waals surface area contributed by atoms with Gasteiger partial charge in [-0.1, -0.05) is 18.2 Å². The molecule has 2 heterocycles. The van der Waals surface area contributed by atoms with Gasteiger partial charge in [0, 0.05) is 39.1 Å². The second-order valence-electron chi connectivity index (χ2n) is 7.54. The number of hydrogen-bond acceptors (Lipinski definition) is 2. The molecular formula is C21H26F3N3O. The SMILES string of the molecule is CN(CC1CCCN(CCc2cccc(C(F)(F)F)c2)C1)C(=O)c1cc[nH]c1. The number of carbonyl (C=O) groups is 1. The van der Waals surface area contributed by atoms with Gasteiger partial charge in [0.1, 0.15) is 0 Å². The average molecular weight is 393 g/mol. The number of likely N-dealkylation sites (tertiary alicyclic amines) is 1. The molecule has 1 aliphatic heterocycles. The Kier molecular flexibility index (Phi) is 6.44. The third-order valence-electron chi connectivity index (χ3n) is 5.30. The van der Waals surface area contributed by atoms with Crippen LogP contribution in [0.5, 0.6) is 0 Å². The molecule has 4 nitrogen and oxygen atoms in total. The quantitative estimate of drug-likeness (QED) is 0.804. The summed E-state index contributed by atoms with van der Waals surface area (Å²) < 4.78 is 38.6. The zero-order chi connectivity index (χ0) is 20.1. The van der Waals surface area contributed by atoms with Crippen molar-refractivity contribution in [3.63, 3.8) is 0 Å². The highest BCUT2D eigenvalue weighted by Gasteiger charge is 2.30. The lowest BCUT2D eigenvalue weighted by atomic mass is 9.96. The van der Waals surface area contributed by atoms with E-state index < -0.39 is 11.7 Å². The van der Waals surface area contributed by atoms with E-state index >= 15 is 0 Å². The number of amides is 1. The van der Waals surface area contributed by atoms with Crippen molar-refractivity contribution in [1.29, 1.82) is 0 Å². The number of aromatic amines is 1. The smallest absolute Gasteiger partial charge is 0.367 e. The molecule has 0 saturated carbocycles. The van der Waals surface area contributed by atoms with Crippen molar-refractivity contribution in [2.45, 2.75) is 25.4 Å². The van der Waals surface area contributed by atoms with E-state index in [1.807, 2.05) is 7.05 Å². The first-order valence-electron chi connectivity index (χ1n) is 9.59. The van der Waals surface area contributed by atoms with Crippen molar-refractivity contribution < 1.29 is 18.0 Å². The van der Waals surface area contributed by atoms with Gasteiger partial charge in [0.2, 0.25) is 0 Å². The number of carbonyl (C=O) groups excluding carboxylic acids is 1. The number of aromatic nitrogens is 1. The van der Waals surface area contributed by atoms with Gasteiger partial charge in [0.25, 0.3) is 5.91 Å². The predicted molar refractivity (Wildman–Crippen MR) is 102 cm³/mol. The lowest BCUT2D eigenvalue weighted by molar-refractivity contribution is -0.137. The van der Waals surface area contributed by atoms with E-state index in [0.29, 0.717) is 30.0 Å². The Morgan fingerprint density at radius 2 is 2.14 bits per heavy atom. The molecule has 1 N–H and O–H groups in total.